The molecule has 1 aliphatic carbocycles. The normalized spacial score (nSPS) is 18.2. The van der Waals surface area contributed by atoms with Gasteiger partial charge in [-0.1, -0.05) is 23.7 Å². The molecular weight excluding hydrogens is 206 g/mol. The summed E-state index contributed by atoms with van der Waals surface area (Å²) in [5.41, 5.74) is 5.58. The fourth-order valence-corrected chi connectivity index (χ4v) is 2.56. The molecule has 2 heteroatoms. The maximum absolute atomic E-state index is 6.01. The third-order valence-electron chi connectivity index (χ3n) is 3.10. The minimum absolute atomic E-state index is 0.845. The highest BCUT2D eigenvalue weighted by atomic mass is 35.5. The lowest BCUT2D eigenvalue weighted by atomic mass is 9.86. The molecule has 0 aromatic heterocycles. The van der Waals surface area contributed by atoms with E-state index in [-0.39, 0.29) is 0 Å². The Bertz CT molecular complexity index is 471. The monoisotopic (exact) mass is 217 g/mol. The van der Waals surface area contributed by atoms with Crippen LogP contribution in [0.15, 0.2) is 36.2 Å². The molecule has 2 aliphatic rings. The average Bonchev–Trinajstić information content (AvgIpc) is 2.28. The van der Waals surface area contributed by atoms with Crippen molar-refractivity contribution in [2.24, 2.45) is 0 Å². The van der Waals surface area contributed by atoms with Gasteiger partial charge in [-0.3, -0.25) is 0 Å². The Morgan fingerprint density at radius 1 is 1.20 bits per heavy atom. The fourth-order valence-electron chi connectivity index (χ4n) is 2.37. The van der Waals surface area contributed by atoms with Crippen LogP contribution in [0.5, 0.6) is 0 Å². The number of aryl methyl sites for hydroxylation is 1. The Morgan fingerprint density at radius 2 is 2.13 bits per heavy atom. The van der Waals surface area contributed by atoms with Crippen LogP contribution in [0.4, 0.5) is 0 Å². The fraction of sp³-hybridized carbons (Fsp3) is 0.231. The molecule has 0 unspecified atom stereocenters. The minimum Gasteiger partial charge on any atom is -0.365 e. The van der Waals surface area contributed by atoms with Crippen LogP contribution in [0.2, 0.25) is 5.02 Å². The van der Waals surface area contributed by atoms with Crippen LogP contribution < -0.4 is 5.32 Å². The number of rotatable bonds is 0. The first kappa shape index (κ1) is 9.05. The van der Waals surface area contributed by atoms with E-state index in [1.54, 1.807) is 0 Å². The predicted octanol–water partition coefficient (Wildman–Crippen LogP) is 3.50. The highest BCUT2D eigenvalue weighted by molar-refractivity contribution is 6.30. The number of dihydropyridines is 1. The van der Waals surface area contributed by atoms with Crippen LogP contribution in [-0.2, 0) is 6.42 Å². The molecule has 0 atom stereocenters. The van der Waals surface area contributed by atoms with Gasteiger partial charge in [0.15, 0.2) is 0 Å². The summed E-state index contributed by atoms with van der Waals surface area (Å²) in [6.07, 6.45) is 7.45. The maximum Gasteiger partial charge on any atom is 0.0409 e. The Kier molecular flexibility index (Phi) is 2.06. The predicted molar refractivity (Wildman–Crippen MR) is 63.6 cm³/mol. The molecule has 1 aromatic rings. The van der Waals surface area contributed by atoms with E-state index < -0.39 is 0 Å². The van der Waals surface area contributed by atoms with Crippen LogP contribution >= 0.6 is 11.6 Å². The summed E-state index contributed by atoms with van der Waals surface area (Å²) in [7, 11) is 0. The van der Waals surface area contributed by atoms with Gasteiger partial charge >= 0.3 is 0 Å². The smallest absolute Gasteiger partial charge is 0.0409 e. The second-order valence-corrected chi connectivity index (χ2v) is 4.45. The van der Waals surface area contributed by atoms with Gasteiger partial charge in [-0.2, -0.15) is 0 Å². The zero-order valence-corrected chi connectivity index (χ0v) is 9.14. The topological polar surface area (TPSA) is 12.0 Å². The summed E-state index contributed by atoms with van der Waals surface area (Å²) in [4.78, 5) is 0. The van der Waals surface area contributed by atoms with E-state index in [0.717, 1.165) is 24.3 Å². The maximum atomic E-state index is 6.01. The Morgan fingerprint density at radius 3 is 3.07 bits per heavy atom. The molecule has 1 aliphatic heterocycles. The van der Waals surface area contributed by atoms with E-state index in [9.17, 15) is 0 Å². The van der Waals surface area contributed by atoms with E-state index >= 15 is 0 Å². The first-order valence-electron chi connectivity index (χ1n) is 5.27. The third kappa shape index (κ3) is 1.47. The van der Waals surface area contributed by atoms with Gasteiger partial charge in [0.2, 0.25) is 0 Å². The van der Waals surface area contributed by atoms with Crippen LogP contribution in [0.1, 0.15) is 24.0 Å². The summed E-state index contributed by atoms with van der Waals surface area (Å²) < 4.78 is 0. The summed E-state index contributed by atoms with van der Waals surface area (Å²) in [5.74, 6) is 0. The van der Waals surface area contributed by atoms with Crippen molar-refractivity contribution in [2.45, 2.75) is 19.3 Å². The molecule has 15 heavy (non-hydrogen) atoms. The molecule has 0 spiro atoms. The third-order valence-corrected chi connectivity index (χ3v) is 3.33. The second kappa shape index (κ2) is 3.42. The first-order valence-corrected chi connectivity index (χ1v) is 5.65. The SMILES string of the molecule is Clc1ccc2c(c1)CCC1=C2CC=CN1. The van der Waals surface area contributed by atoms with Crippen LogP contribution in [0.25, 0.3) is 5.57 Å². The molecule has 1 N–H and O–H groups in total. The first-order chi connectivity index (χ1) is 7.34. The van der Waals surface area contributed by atoms with Gasteiger partial charge in [0.25, 0.3) is 0 Å². The molecule has 76 valence electrons. The minimum atomic E-state index is 0.845. The Hall–Kier alpha value is -1.21. The summed E-state index contributed by atoms with van der Waals surface area (Å²) in [6.45, 7) is 0. The number of halogens is 1. The van der Waals surface area contributed by atoms with Crippen molar-refractivity contribution in [3.63, 3.8) is 0 Å². The Balaban J connectivity index is 2.13. The highest BCUT2D eigenvalue weighted by Crippen LogP contribution is 2.35. The average molecular weight is 218 g/mol. The standard InChI is InChI=1S/C13H12ClN/c14-10-4-5-11-9(8-10)3-6-13-12(11)2-1-7-15-13/h1,4-5,7-8,15H,2-3,6H2. The largest absolute Gasteiger partial charge is 0.365 e. The molecule has 0 fully saturated rings. The summed E-state index contributed by atoms with van der Waals surface area (Å²) in [5, 5.41) is 4.19. The number of hydrogen-bond acceptors (Lipinski definition) is 1. The number of allylic oxidation sites excluding steroid dienone is 3. The lowest BCUT2D eigenvalue weighted by Gasteiger charge is -2.25. The molecule has 0 bridgehead atoms. The highest BCUT2D eigenvalue weighted by Gasteiger charge is 2.19. The second-order valence-electron chi connectivity index (χ2n) is 4.01. The van der Waals surface area contributed by atoms with Crippen molar-refractivity contribution < 1.29 is 0 Å². The van der Waals surface area contributed by atoms with Gasteiger partial charge in [-0.05, 0) is 54.3 Å². The summed E-state index contributed by atoms with van der Waals surface area (Å²) >= 11 is 6.01. The molecule has 0 saturated heterocycles. The molecule has 1 nitrogen and oxygen atoms in total. The number of nitrogens with one attached hydrogen (secondary N) is 1. The number of benzene rings is 1. The van der Waals surface area contributed by atoms with Crippen molar-refractivity contribution in [1.82, 2.24) is 5.32 Å². The molecule has 0 saturated carbocycles. The van der Waals surface area contributed by atoms with E-state index in [0.29, 0.717) is 0 Å². The van der Waals surface area contributed by atoms with Crippen molar-refractivity contribution in [3.8, 4) is 0 Å². The quantitative estimate of drug-likeness (QED) is 0.702. The molecule has 1 heterocycles. The summed E-state index contributed by atoms with van der Waals surface area (Å²) in [6, 6.07) is 6.22. The van der Waals surface area contributed by atoms with Gasteiger partial charge in [0.05, 0.1) is 0 Å². The van der Waals surface area contributed by atoms with Gasteiger partial charge in [0, 0.05) is 10.7 Å². The molecule has 3 rings (SSSR count). The van der Waals surface area contributed by atoms with Crippen molar-refractivity contribution in [3.05, 3.63) is 52.3 Å². The molecule has 1 aromatic carbocycles. The zero-order valence-electron chi connectivity index (χ0n) is 8.39. The van der Waals surface area contributed by atoms with E-state index in [2.05, 4.69) is 23.5 Å². The van der Waals surface area contributed by atoms with E-state index in [4.69, 9.17) is 11.6 Å². The lowest BCUT2D eigenvalue weighted by Crippen LogP contribution is -2.16. The van der Waals surface area contributed by atoms with Gasteiger partial charge in [-0.15, -0.1) is 0 Å². The van der Waals surface area contributed by atoms with Gasteiger partial charge < -0.3 is 5.32 Å². The lowest BCUT2D eigenvalue weighted by molar-refractivity contribution is 0.826. The van der Waals surface area contributed by atoms with Gasteiger partial charge in [-0.25, -0.2) is 0 Å². The molecular formula is C13H12ClN. The van der Waals surface area contributed by atoms with Crippen molar-refractivity contribution in [2.75, 3.05) is 0 Å². The van der Waals surface area contributed by atoms with Crippen LogP contribution in [0.3, 0.4) is 0 Å². The number of fused-ring (bicyclic) bond motifs is 2. The van der Waals surface area contributed by atoms with Gasteiger partial charge in [0.1, 0.15) is 0 Å². The molecule has 0 amide bonds. The van der Waals surface area contributed by atoms with Crippen molar-refractivity contribution in [1.29, 1.82) is 0 Å². The number of hydrogen-bond donors (Lipinski definition) is 1. The van der Waals surface area contributed by atoms with Crippen LogP contribution in [0, 0.1) is 0 Å². The molecule has 0 radical (unpaired) electrons. The Labute approximate surface area is 94.4 Å². The zero-order chi connectivity index (χ0) is 10.3. The van der Waals surface area contributed by atoms with E-state index in [1.165, 1.54) is 22.4 Å². The van der Waals surface area contributed by atoms with E-state index in [1.807, 2.05) is 12.3 Å². The van der Waals surface area contributed by atoms with Crippen molar-refractivity contribution >= 4 is 17.2 Å². The van der Waals surface area contributed by atoms with Crippen LogP contribution in [-0.4, -0.2) is 0 Å².